The van der Waals surface area contributed by atoms with Crippen LogP contribution in [0.5, 0.6) is 5.75 Å². The van der Waals surface area contributed by atoms with Crippen molar-refractivity contribution in [3.63, 3.8) is 0 Å². The van der Waals surface area contributed by atoms with E-state index < -0.39 is 12.1 Å². The Morgan fingerprint density at radius 1 is 0.963 bits per heavy atom. The van der Waals surface area contributed by atoms with Crippen LogP contribution in [0, 0.1) is 5.92 Å². The minimum atomic E-state index is -0.593. The molecule has 1 saturated heterocycles. The second-order valence-electron chi connectivity index (χ2n) is 10.8. The first kappa shape index (κ1) is 54.4. The lowest BCUT2D eigenvalue weighted by Crippen LogP contribution is -2.33. The molecule has 3 aromatic rings. The molecule has 0 aromatic heterocycles. The average molecular weight is 816 g/mol. The summed E-state index contributed by atoms with van der Waals surface area (Å²) in [6, 6.07) is 24.9. The van der Waals surface area contributed by atoms with Crippen LogP contribution in [0.15, 0.2) is 108 Å². The number of anilines is 1. The van der Waals surface area contributed by atoms with Crippen LogP contribution in [0.4, 0.5) is 14.9 Å². The Hall–Kier alpha value is -3.91. The van der Waals surface area contributed by atoms with Crippen molar-refractivity contribution in [3.05, 3.63) is 119 Å². The summed E-state index contributed by atoms with van der Waals surface area (Å²) < 4.78 is 23.7. The van der Waals surface area contributed by atoms with Gasteiger partial charge in [0.2, 0.25) is 5.91 Å². The van der Waals surface area contributed by atoms with Crippen LogP contribution in [0.3, 0.4) is 0 Å². The highest BCUT2D eigenvalue weighted by molar-refractivity contribution is 9.10. The molecule has 0 aliphatic carbocycles. The average Bonchev–Trinajstić information content (AvgIpc) is 3.68. The van der Waals surface area contributed by atoms with Crippen molar-refractivity contribution in [1.82, 2.24) is 4.90 Å². The first-order valence-corrected chi connectivity index (χ1v) is 20.7. The van der Waals surface area contributed by atoms with Crippen LogP contribution in [0.1, 0.15) is 132 Å². The maximum atomic E-state index is 12.9. The molecule has 0 bridgehead atoms. The van der Waals surface area contributed by atoms with Crippen molar-refractivity contribution in [2.24, 2.45) is 5.92 Å². The quantitative estimate of drug-likeness (QED) is 0.174. The first-order chi connectivity index (χ1) is 26.2. The molecule has 0 saturated carbocycles. The minimum absolute atomic E-state index is 0.0324. The van der Waals surface area contributed by atoms with Gasteiger partial charge in [0.1, 0.15) is 19.0 Å². The number of allylic oxidation sites excluding steroid dienone is 3. The third kappa shape index (κ3) is 24.4. The topological polar surface area (TPSA) is 67.9 Å². The van der Waals surface area contributed by atoms with Crippen molar-refractivity contribution < 1.29 is 23.5 Å². The third-order valence-electron chi connectivity index (χ3n) is 7.21. The number of para-hydroxylation sites is 1. The SMILES string of the molecule is C/C=C(/F)CC.C=CC(C)CCCC.CC.CC.CC.CC.O=C(CC(Nc1ccccc1)c1ccc(Br)cc1OCc1ccccc1)N1CCOC1=O. The maximum absolute atomic E-state index is 12.9. The minimum Gasteiger partial charge on any atom is -0.489 e. The highest BCUT2D eigenvalue weighted by atomic mass is 79.9. The van der Waals surface area contributed by atoms with Gasteiger partial charge in [-0.15, -0.1) is 6.58 Å². The maximum Gasteiger partial charge on any atom is 0.416 e. The molecule has 0 spiro atoms. The summed E-state index contributed by atoms with van der Waals surface area (Å²) >= 11 is 3.51. The second-order valence-corrected chi connectivity index (χ2v) is 11.7. The van der Waals surface area contributed by atoms with E-state index in [1.54, 1.807) is 13.8 Å². The Balaban J connectivity index is -0.000000981. The largest absolute Gasteiger partial charge is 0.489 e. The number of hydrogen-bond donors (Lipinski definition) is 1. The number of ether oxygens (including phenoxy) is 2. The number of nitrogens with one attached hydrogen (secondary N) is 1. The lowest BCUT2D eigenvalue weighted by molar-refractivity contribution is -0.128. The Bertz CT molecular complexity index is 1370. The molecule has 3 aromatic carbocycles. The number of carbonyl (C=O) groups excluding carboxylic acids is 2. The van der Waals surface area contributed by atoms with Gasteiger partial charge in [0.15, 0.2) is 0 Å². The van der Waals surface area contributed by atoms with Gasteiger partial charge in [0, 0.05) is 15.7 Å². The van der Waals surface area contributed by atoms with Gasteiger partial charge in [-0.2, -0.15) is 0 Å². The van der Waals surface area contributed by atoms with Gasteiger partial charge < -0.3 is 14.8 Å². The summed E-state index contributed by atoms with van der Waals surface area (Å²) in [5.41, 5.74) is 2.74. The number of carbonyl (C=O) groups is 2. The summed E-state index contributed by atoms with van der Waals surface area (Å²) in [5.74, 6) is 1.05. The van der Waals surface area contributed by atoms with Gasteiger partial charge in [-0.05, 0) is 55.5 Å². The van der Waals surface area contributed by atoms with Gasteiger partial charge >= 0.3 is 6.09 Å². The molecule has 1 heterocycles. The molecule has 8 heteroatoms. The second kappa shape index (κ2) is 37.4. The van der Waals surface area contributed by atoms with E-state index in [0.29, 0.717) is 18.8 Å². The van der Waals surface area contributed by atoms with Gasteiger partial charge in [0.25, 0.3) is 0 Å². The molecule has 2 atom stereocenters. The molecule has 304 valence electrons. The molecule has 2 unspecified atom stereocenters. The predicted octanol–water partition coefficient (Wildman–Crippen LogP) is 14.9. The van der Waals surface area contributed by atoms with Crippen molar-refractivity contribution in [2.45, 2.75) is 128 Å². The van der Waals surface area contributed by atoms with E-state index in [9.17, 15) is 14.0 Å². The zero-order valence-electron chi connectivity index (χ0n) is 35.5. The summed E-state index contributed by atoms with van der Waals surface area (Å²) in [5, 5.41) is 3.43. The fraction of sp³-hybridized carbons (Fsp3) is 0.478. The summed E-state index contributed by atoms with van der Waals surface area (Å²) in [4.78, 5) is 26.0. The van der Waals surface area contributed by atoms with Crippen LogP contribution in [-0.4, -0.2) is 30.1 Å². The van der Waals surface area contributed by atoms with Crippen molar-refractivity contribution in [2.75, 3.05) is 18.5 Å². The number of hydrogen-bond acceptors (Lipinski definition) is 5. The Morgan fingerprint density at radius 3 is 2.00 bits per heavy atom. The van der Waals surface area contributed by atoms with Crippen LogP contribution in [-0.2, 0) is 16.1 Å². The number of unbranched alkanes of at least 4 members (excludes halogenated alkanes) is 1. The van der Waals surface area contributed by atoms with Gasteiger partial charge in [-0.3, -0.25) is 4.79 Å². The zero-order valence-corrected chi connectivity index (χ0v) is 37.1. The standard InChI is InChI=1S/C25H23BrN2O4.C8H16.C5H9F.4C2H6/c26-19-11-12-21(23(15-19)32-17-18-7-3-1-4-8-18)22(27-20-9-5-2-6-10-20)16-24(29)28-13-14-31-25(28)30;1-4-6-7-8(3)5-2;1-3-5(6)4-2;4*1-2/h1-12,15,22,27H,13-14,16-17H2;5,8H,2,4,6-7H2,1,3H3;3H,4H2,1-2H3;4*1-2H3/b;;5-3+;;;;. The molecule has 1 fully saturated rings. The highest BCUT2D eigenvalue weighted by Gasteiger charge is 2.31. The number of nitrogens with zero attached hydrogens (tertiary/aromatic N) is 1. The van der Waals surface area contributed by atoms with Crippen molar-refractivity contribution in [1.29, 1.82) is 0 Å². The lowest BCUT2D eigenvalue weighted by Gasteiger charge is -2.24. The van der Waals surface area contributed by atoms with E-state index in [2.05, 4.69) is 41.7 Å². The number of imide groups is 1. The fourth-order valence-electron chi connectivity index (χ4n) is 4.38. The third-order valence-corrected chi connectivity index (χ3v) is 7.70. The van der Waals surface area contributed by atoms with Gasteiger partial charge in [-0.25, -0.2) is 14.1 Å². The number of amides is 2. The molecule has 54 heavy (non-hydrogen) atoms. The van der Waals surface area contributed by atoms with Crippen molar-refractivity contribution in [3.8, 4) is 5.75 Å². The number of rotatable bonds is 13. The summed E-state index contributed by atoms with van der Waals surface area (Å²) in [6.45, 7) is 28.5. The molecule has 0 radical (unpaired) electrons. The lowest BCUT2D eigenvalue weighted by atomic mass is 10.0. The van der Waals surface area contributed by atoms with Gasteiger partial charge in [0.05, 0.1) is 24.8 Å². The van der Waals surface area contributed by atoms with Crippen molar-refractivity contribution >= 4 is 33.6 Å². The first-order valence-electron chi connectivity index (χ1n) is 19.9. The van der Waals surface area contributed by atoms with E-state index in [1.165, 1.54) is 25.3 Å². The smallest absolute Gasteiger partial charge is 0.416 e. The summed E-state index contributed by atoms with van der Waals surface area (Å²) in [6.07, 6.45) is 7.45. The van der Waals surface area contributed by atoms with E-state index in [1.807, 2.05) is 140 Å². The monoisotopic (exact) mass is 814 g/mol. The molecular weight excluding hydrogens is 743 g/mol. The molecule has 4 rings (SSSR count). The Labute approximate surface area is 337 Å². The Kier molecular flexibility index (Phi) is 37.7. The number of cyclic esters (lactones) is 1. The highest BCUT2D eigenvalue weighted by Crippen LogP contribution is 2.34. The van der Waals surface area contributed by atoms with Gasteiger partial charge in [-0.1, -0.05) is 172 Å². The number of benzene rings is 3. The predicted molar refractivity (Wildman–Crippen MR) is 235 cm³/mol. The molecule has 1 N–H and O–H groups in total. The number of halogens is 2. The van der Waals surface area contributed by atoms with Crippen LogP contribution in [0.2, 0.25) is 0 Å². The van der Waals surface area contributed by atoms with E-state index in [0.717, 1.165) is 32.1 Å². The van der Waals surface area contributed by atoms with E-state index in [-0.39, 0.29) is 31.3 Å². The molecule has 1 aliphatic heterocycles. The molecule has 1 aliphatic rings. The molecule has 2 amide bonds. The van der Waals surface area contributed by atoms with Crippen LogP contribution >= 0.6 is 15.9 Å². The fourth-order valence-corrected chi connectivity index (χ4v) is 4.72. The normalized spacial score (nSPS) is 12.1. The summed E-state index contributed by atoms with van der Waals surface area (Å²) in [7, 11) is 0. The zero-order chi connectivity index (χ0) is 41.7. The van der Waals surface area contributed by atoms with E-state index >= 15 is 0 Å². The molecule has 6 nitrogen and oxygen atoms in total. The van der Waals surface area contributed by atoms with Crippen LogP contribution in [0.25, 0.3) is 0 Å². The Morgan fingerprint density at radius 2 is 1.54 bits per heavy atom. The van der Waals surface area contributed by atoms with E-state index in [4.69, 9.17) is 9.47 Å². The molecular formula is C46H72BrFN2O4. The van der Waals surface area contributed by atoms with Crippen LogP contribution < -0.4 is 10.1 Å².